The lowest BCUT2D eigenvalue weighted by molar-refractivity contribution is -0.0174. The lowest BCUT2D eigenvalue weighted by Gasteiger charge is -2.30. The van der Waals surface area contributed by atoms with Crippen molar-refractivity contribution < 1.29 is 9.53 Å². The average molecular weight is 279 g/mol. The zero-order valence-corrected chi connectivity index (χ0v) is 11.9. The van der Waals surface area contributed by atoms with E-state index in [4.69, 9.17) is 4.74 Å². The number of morpholine rings is 1. The number of nitrogens with one attached hydrogen (secondary N) is 2. The van der Waals surface area contributed by atoms with Crippen molar-refractivity contribution in [2.24, 2.45) is 0 Å². The molecule has 0 radical (unpaired) electrons. The third kappa shape index (κ3) is 4.43. The molecule has 0 saturated carbocycles. The quantitative estimate of drug-likeness (QED) is 0.845. The minimum absolute atomic E-state index is 0.220. The second kappa shape index (κ2) is 7.16. The van der Waals surface area contributed by atoms with E-state index in [2.05, 4.69) is 32.7 Å². The molecule has 2 heterocycles. The van der Waals surface area contributed by atoms with Gasteiger partial charge in [0, 0.05) is 26.2 Å². The number of carbonyl (C=O) groups is 1. The van der Waals surface area contributed by atoms with Crippen molar-refractivity contribution in [2.75, 3.05) is 38.1 Å². The first-order chi connectivity index (χ1) is 9.65. The van der Waals surface area contributed by atoms with Gasteiger partial charge in [0.05, 0.1) is 30.3 Å². The van der Waals surface area contributed by atoms with Crippen molar-refractivity contribution >= 4 is 11.7 Å². The van der Waals surface area contributed by atoms with Crippen molar-refractivity contribution in [3.05, 3.63) is 18.0 Å². The van der Waals surface area contributed by atoms with E-state index in [1.165, 1.54) is 0 Å². The highest BCUT2D eigenvalue weighted by Gasteiger charge is 2.16. The minimum atomic E-state index is -0.220. The minimum Gasteiger partial charge on any atom is -0.376 e. The Morgan fingerprint density at radius 3 is 3.20 bits per heavy atom. The number of nitrogens with zero attached hydrogens (tertiary/aromatic N) is 3. The van der Waals surface area contributed by atoms with E-state index in [1.807, 2.05) is 0 Å². The SMILES string of the molecule is Cc1nnccc1NC(=O)NCCN1CCOC(C)C1. The number of urea groups is 1. The molecule has 1 atom stereocenters. The Balaban J connectivity index is 1.69. The van der Waals surface area contributed by atoms with Crippen LogP contribution in [0.1, 0.15) is 12.6 Å². The predicted molar refractivity (Wildman–Crippen MR) is 75.6 cm³/mol. The zero-order chi connectivity index (χ0) is 14.4. The van der Waals surface area contributed by atoms with Crippen molar-refractivity contribution in [1.82, 2.24) is 20.4 Å². The van der Waals surface area contributed by atoms with Gasteiger partial charge in [0.15, 0.2) is 0 Å². The van der Waals surface area contributed by atoms with Crippen LogP contribution < -0.4 is 10.6 Å². The van der Waals surface area contributed by atoms with E-state index < -0.39 is 0 Å². The summed E-state index contributed by atoms with van der Waals surface area (Å²) in [4.78, 5) is 14.0. The maximum Gasteiger partial charge on any atom is 0.319 e. The van der Waals surface area contributed by atoms with Crippen LogP contribution in [-0.4, -0.2) is 60.0 Å². The number of aromatic nitrogens is 2. The molecule has 1 aliphatic rings. The first-order valence-electron chi connectivity index (χ1n) is 6.82. The van der Waals surface area contributed by atoms with Gasteiger partial charge in [0.25, 0.3) is 0 Å². The van der Waals surface area contributed by atoms with E-state index in [9.17, 15) is 4.79 Å². The van der Waals surface area contributed by atoms with Crippen molar-refractivity contribution in [1.29, 1.82) is 0 Å². The number of anilines is 1. The molecule has 1 saturated heterocycles. The summed E-state index contributed by atoms with van der Waals surface area (Å²) in [6.07, 6.45) is 1.82. The van der Waals surface area contributed by atoms with Crippen molar-refractivity contribution in [3.8, 4) is 0 Å². The number of hydrogen-bond donors (Lipinski definition) is 2. The third-order valence-electron chi connectivity index (χ3n) is 3.19. The number of rotatable bonds is 4. The van der Waals surface area contributed by atoms with Gasteiger partial charge >= 0.3 is 6.03 Å². The molecule has 2 rings (SSSR count). The molecule has 1 aliphatic heterocycles. The molecule has 2 amide bonds. The molecule has 2 N–H and O–H groups in total. The van der Waals surface area contributed by atoms with Gasteiger partial charge in [-0.2, -0.15) is 10.2 Å². The third-order valence-corrected chi connectivity index (χ3v) is 3.19. The molecule has 110 valence electrons. The Morgan fingerprint density at radius 1 is 1.60 bits per heavy atom. The summed E-state index contributed by atoms with van der Waals surface area (Å²) in [6.45, 7) is 7.89. The van der Waals surface area contributed by atoms with E-state index in [0.29, 0.717) is 17.9 Å². The molecule has 0 bridgehead atoms. The van der Waals surface area contributed by atoms with Crippen molar-refractivity contribution in [2.45, 2.75) is 20.0 Å². The van der Waals surface area contributed by atoms with E-state index >= 15 is 0 Å². The van der Waals surface area contributed by atoms with Crippen molar-refractivity contribution in [3.63, 3.8) is 0 Å². The van der Waals surface area contributed by atoms with Crippen LogP contribution in [0.25, 0.3) is 0 Å². The summed E-state index contributed by atoms with van der Waals surface area (Å²) in [5.74, 6) is 0. The first-order valence-corrected chi connectivity index (χ1v) is 6.82. The molecule has 7 nitrogen and oxygen atoms in total. The first kappa shape index (κ1) is 14.7. The maximum atomic E-state index is 11.8. The molecule has 1 fully saturated rings. The molecule has 7 heteroatoms. The molecule has 0 aliphatic carbocycles. The van der Waals surface area contributed by atoms with E-state index in [1.54, 1.807) is 19.2 Å². The second-order valence-corrected chi connectivity index (χ2v) is 4.89. The van der Waals surface area contributed by atoms with Gasteiger partial charge in [0.2, 0.25) is 0 Å². The number of amides is 2. The van der Waals surface area contributed by atoms with Crippen LogP contribution in [0.2, 0.25) is 0 Å². The van der Waals surface area contributed by atoms with Gasteiger partial charge in [0.1, 0.15) is 0 Å². The monoisotopic (exact) mass is 279 g/mol. The molecule has 0 spiro atoms. The second-order valence-electron chi connectivity index (χ2n) is 4.89. The van der Waals surface area contributed by atoms with Crippen LogP contribution in [-0.2, 0) is 4.74 Å². The molecular formula is C13H21N5O2. The fourth-order valence-corrected chi connectivity index (χ4v) is 2.12. The largest absolute Gasteiger partial charge is 0.376 e. The fourth-order valence-electron chi connectivity index (χ4n) is 2.12. The van der Waals surface area contributed by atoms with Crippen LogP contribution in [0, 0.1) is 6.92 Å². The maximum absolute atomic E-state index is 11.8. The van der Waals surface area contributed by atoms with Gasteiger partial charge in [-0.3, -0.25) is 4.90 Å². The number of carbonyl (C=O) groups excluding carboxylic acids is 1. The standard InChI is InChI=1S/C13H21N5O2/c1-10-9-18(7-8-20-10)6-5-14-13(19)16-12-3-4-15-17-11(12)2/h3-4,10H,5-9H2,1-2H3,(H2,14,15,16,19). The molecule has 20 heavy (non-hydrogen) atoms. The fraction of sp³-hybridized carbons (Fsp3) is 0.615. The van der Waals surface area contributed by atoms with Gasteiger partial charge in [-0.25, -0.2) is 4.79 Å². The molecule has 0 aromatic carbocycles. The molecule has 1 aromatic heterocycles. The lowest BCUT2D eigenvalue weighted by atomic mass is 10.3. The summed E-state index contributed by atoms with van der Waals surface area (Å²) < 4.78 is 5.47. The van der Waals surface area contributed by atoms with Crippen LogP contribution in [0.15, 0.2) is 12.3 Å². The van der Waals surface area contributed by atoms with Crippen LogP contribution in [0.5, 0.6) is 0 Å². The van der Waals surface area contributed by atoms with Gasteiger partial charge < -0.3 is 15.4 Å². The molecule has 1 aromatic rings. The predicted octanol–water partition coefficient (Wildman–Crippen LogP) is 0.627. The Bertz CT molecular complexity index is 454. The number of hydrogen-bond acceptors (Lipinski definition) is 5. The van der Waals surface area contributed by atoms with E-state index in [-0.39, 0.29) is 12.1 Å². The van der Waals surface area contributed by atoms with Crippen LogP contribution in [0.4, 0.5) is 10.5 Å². The molecule has 1 unspecified atom stereocenters. The van der Waals surface area contributed by atoms with Gasteiger partial charge in [-0.1, -0.05) is 0 Å². The van der Waals surface area contributed by atoms with Gasteiger partial charge in [-0.15, -0.1) is 0 Å². The Kier molecular flexibility index (Phi) is 5.25. The van der Waals surface area contributed by atoms with Crippen LogP contribution >= 0.6 is 0 Å². The Labute approximate surface area is 118 Å². The Morgan fingerprint density at radius 2 is 2.45 bits per heavy atom. The summed E-state index contributed by atoms with van der Waals surface area (Å²) in [5, 5.41) is 13.2. The summed E-state index contributed by atoms with van der Waals surface area (Å²) in [7, 11) is 0. The van der Waals surface area contributed by atoms with E-state index in [0.717, 1.165) is 26.2 Å². The highest BCUT2D eigenvalue weighted by atomic mass is 16.5. The lowest BCUT2D eigenvalue weighted by Crippen LogP contribution is -2.45. The summed E-state index contributed by atoms with van der Waals surface area (Å²) >= 11 is 0. The molecular weight excluding hydrogens is 258 g/mol. The topological polar surface area (TPSA) is 79.4 Å². The normalized spacial score (nSPS) is 19.6. The summed E-state index contributed by atoms with van der Waals surface area (Å²) in [5.41, 5.74) is 1.38. The van der Waals surface area contributed by atoms with Gasteiger partial charge in [-0.05, 0) is 19.9 Å². The smallest absolute Gasteiger partial charge is 0.319 e. The summed E-state index contributed by atoms with van der Waals surface area (Å²) in [6, 6.07) is 1.51. The zero-order valence-electron chi connectivity index (χ0n) is 11.9. The van der Waals surface area contributed by atoms with Crippen LogP contribution in [0.3, 0.4) is 0 Å². The average Bonchev–Trinajstić information content (AvgIpc) is 2.41. The Hall–Kier alpha value is -1.73. The highest BCUT2D eigenvalue weighted by molar-refractivity contribution is 5.89. The number of aryl methyl sites for hydroxylation is 1. The highest BCUT2D eigenvalue weighted by Crippen LogP contribution is 2.08. The number of ether oxygens (including phenoxy) is 1.